The molecule has 4 rings (SSSR count). The molecule has 3 N–H and O–H groups in total. The zero-order valence-corrected chi connectivity index (χ0v) is 19.0. The van der Waals surface area contributed by atoms with Crippen LogP contribution in [0.2, 0.25) is 0 Å². The lowest BCUT2D eigenvalue weighted by Gasteiger charge is -2.35. The van der Waals surface area contributed by atoms with Crippen LogP contribution in [-0.2, 0) is 22.7 Å². The van der Waals surface area contributed by atoms with E-state index in [1.165, 1.54) is 20.7 Å². The number of hydrogen-bond donors (Lipinski definition) is 2. The minimum absolute atomic E-state index is 0.0981. The highest BCUT2D eigenvalue weighted by molar-refractivity contribution is 6.04. The summed E-state index contributed by atoms with van der Waals surface area (Å²) >= 11 is 0. The number of amidine groups is 1. The number of carbonyl (C=O) groups is 3. The highest BCUT2D eigenvalue weighted by Crippen LogP contribution is 2.32. The molecule has 1 aromatic heterocycles. The number of anilines is 2. The Morgan fingerprint density at radius 2 is 1.81 bits per heavy atom. The van der Waals surface area contributed by atoms with Crippen molar-refractivity contribution in [1.82, 2.24) is 14.7 Å². The zero-order chi connectivity index (χ0) is 27.2. The molecule has 2 atom stereocenters. The van der Waals surface area contributed by atoms with Crippen LogP contribution in [0.3, 0.4) is 0 Å². The van der Waals surface area contributed by atoms with Gasteiger partial charge in [0.2, 0.25) is 5.91 Å². The summed E-state index contributed by atoms with van der Waals surface area (Å²) in [5.74, 6) is -9.12. The van der Waals surface area contributed by atoms with Crippen molar-refractivity contribution in [2.24, 2.45) is 16.6 Å². The predicted molar refractivity (Wildman–Crippen MR) is 116 cm³/mol. The van der Waals surface area contributed by atoms with Crippen molar-refractivity contribution in [3.8, 4) is 0 Å². The normalized spacial score (nSPS) is 20.3. The Labute approximate surface area is 204 Å². The van der Waals surface area contributed by atoms with Crippen LogP contribution >= 0.6 is 0 Å². The van der Waals surface area contributed by atoms with E-state index in [1.54, 1.807) is 6.92 Å². The highest BCUT2D eigenvalue weighted by atomic mass is 19.4. The topological polar surface area (TPSA) is 126 Å². The molecule has 2 aliphatic heterocycles. The molecule has 0 bridgehead atoms. The van der Waals surface area contributed by atoms with E-state index in [4.69, 9.17) is 5.73 Å². The number of aliphatic imine (C=N–C) groups is 1. The van der Waals surface area contributed by atoms with Gasteiger partial charge in [0.25, 0.3) is 0 Å². The Hall–Kier alpha value is -4.11. The Morgan fingerprint density at radius 1 is 1.16 bits per heavy atom. The number of rotatable bonds is 3. The quantitative estimate of drug-likeness (QED) is 0.273. The van der Waals surface area contributed by atoms with Crippen molar-refractivity contribution >= 4 is 35.1 Å². The molecule has 1 unspecified atom stereocenters. The molecule has 2 aliphatic rings. The molecule has 1 aromatic carbocycles. The molecular weight excluding hydrogens is 512 g/mol. The van der Waals surface area contributed by atoms with Gasteiger partial charge in [-0.15, -0.1) is 0 Å². The number of hydrogen-bond acceptors (Lipinski definition) is 4. The molecule has 2 aromatic rings. The summed E-state index contributed by atoms with van der Waals surface area (Å²) in [7, 11) is 0. The summed E-state index contributed by atoms with van der Waals surface area (Å²) in [6.07, 6.45) is -4.15. The van der Waals surface area contributed by atoms with Crippen molar-refractivity contribution in [1.29, 1.82) is 0 Å². The van der Waals surface area contributed by atoms with Crippen molar-refractivity contribution < 1.29 is 40.7 Å². The van der Waals surface area contributed by atoms with Gasteiger partial charge in [0.1, 0.15) is 5.84 Å². The monoisotopic (exact) mass is 531 g/mol. The van der Waals surface area contributed by atoms with E-state index in [1.807, 2.05) is 0 Å². The number of nitrogens with one attached hydrogen (secondary N) is 1. The SMILES string of the molecule is C[C@H]1Cn2ncc(N3CC(C(N)=NC(=O)C(F)(F)F)CC3=O)c2CN1C(=O)Nc1cc(F)c(F)c(F)c1. The van der Waals surface area contributed by atoms with Crippen LogP contribution in [0.25, 0.3) is 0 Å². The molecule has 198 valence electrons. The second-order valence-corrected chi connectivity index (χ2v) is 8.56. The zero-order valence-electron chi connectivity index (χ0n) is 19.0. The average molecular weight is 531 g/mol. The van der Waals surface area contributed by atoms with Gasteiger partial charge in [0.15, 0.2) is 17.5 Å². The number of fused-ring (bicyclic) bond motifs is 1. The van der Waals surface area contributed by atoms with E-state index in [9.17, 15) is 40.7 Å². The van der Waals surface area contributed by atoms with Crippen LogP contribution in [0.5, 0.6) is 0 Å². The Morgan fingerprint density at radius 3 is 2.43 bits per heavy atom. The number of alkyl halides is 3. The fourth-order valence-corrected chi connectivity index (χ4v) is 4.12. The predicted octanol–water partition coefficient (Wildman–Crippen LogP) is 2.54. The van der Waals surface area contributed by atoms with E-state index >= 15 is 0 Å². The first-order chi connectivity index (χ1) is 17.3. The third-order valence-corrected chi connectivity index (χ3v) is 6.02. The summed E-state index contributed by atoms with van der Waals surface area (Å²) in [5, 5.41) is 6.50. The van der Waals surface area contributed by atoms with Gasteiger partial charge in [-0.1, -0.05) is 0 Å². The van der Waals surface area contributed by atoms with Gasteiger partial charge in [-0.25, -0.2) is 18.0 Å². The third-order valence-electron chi connectivity index (χ3n) is 6.02. The summed E-state index contributed by atoms with van der Waals surface area (Å²) in [5.41, 5.74) is 5.93. The summed E-state index contributed by atoms with van der Waals surface area (Å²) < 4.78 is 79.3. The number of aromatic nitrogens is 2. The first kappa shape index (κ1) is 26.0. The van der Waals surface area contributed by atoms with Crippen LogP contribution in [0.15, 0.2) is 23.3 Å². The summed E-state index contributed by atoms with van der Waals surface area (Å²) in [6, 6.07) is 0.0377. The molecule has 4 amide bonds. The van der Waals surface area contributed by atoms with E-state index in [-0.39, 0.29) is 37.4 Å². The van der Waals surface area contributed by atoms with Crippen molar-refractivity contribution in [3.63, 3.8) is 0 Å². The Bertz CT molecular complexity index is 1290. The van der Waals surface area contributed by atoms with Crippen LogP contribution in [0, 0.1) is 23.4 Å². The molecule has 0 spiro atoms. The third kappa shape index (κ3) is 5.08. The van der Waals surface area contributed by atoms with E-state index in [0.717, 1.165) is 0 Å². The molecule has 10 nitrogen and oxygen atoms in total. The lowest BCUT2D eigenvalue weighted by atomic mass is 10.1. The summed E-state index contributed by atoms with van der Waals surface area (Å²) in [6.45, 7) is 1.60. The van der Waals surface area contributed by atoms with Gasteiger partial charge >= 0.3 is 18.1 Å². The van der Waals surface area contributed by atoms with Crippen LogP contribution < -0.4 is 16.0 Å². The Balaban J connectivity index is 1.52. The van der Waals surface area contributed by atoms with Crippen LogP contribution in [-0.4, -0.2) is 57.1 Å². The largest absolute Gasteiger partial charge is 0.473 e. The lowest BCUT2D eigenvalue weighted by molar-refractivity contribution is -0.169. The molecule has 0 saturated carbocycles. The van der Waals surface area contributed by atoms with Crippen molar-refractivity contribution in [2.45, 2.75) is 38.7 Å². The molecule has 3 heterocycles. The lowest BCUT2D eigenvalue weighted by Crippen LogP contribution is -2.47. The van der Waals surface area contributed by atoms with Gasteiger partial charge in [-0.05, 0) is 6.92 Å². The molecule has 16 heteroatoms. The number of benzene rings is 1. The molecule has 37 heavy (non-hydrogen) atoms. The number of nitrogens with zero attached hydrogens (tertiary/aromatic N) is 5. The number of carbonyl (C=O) groups excluding carboxylic acids is 3. The number of nitrogens with two attached hydrogens (primary N) is 1. The van der Waals surface area contributed by atoms with E-state index in [2.05, 4.69) is 15.4 Å². The number of urea groups is 1. The fraction of sp³-hybridized carbons (Fsp3) is 0.381. The van der Waals surface area contributed by atoms with Crippen molar-refractivity contribution in [3.05, 3.63) is 41.5 Å². The van der Waals surface area contributed by atoms with Gasteiger partial charge in [-0.3, -0.25) is 14.3 Å². The van der Waals surface area contributed by atoms with E-state index < -0.39 is 59.3 Å². The van der Waals surface area contributed by atoms with Crippen molar-refractivity contribution in [2.75, 3.05) is 16.8 Å². The molecular formula is C21H19F6N7O3. The van der Waals surface area contributed by atoms with Gasteiger partial charge in [0, 0.05) is 36.7 Å². The first-order valence-electron chi connectivity index (χ1n) is 10.8. The van der Waals surface area contributed by atoms with Crippen LogP contribution in [0.1, 0.15) is 19.0 Å². The maximum absolute atomic E-state index is 13.5. The van der Waals surface area contributed by atoms with Gasteiger partial charge in [0.05, 0.1) is 36.7 Å². The number of halogens is 6. The first-order valence-corrected chi connectivity index (χ1v) is 10.8. The molecule has 0 radical (unpaired) electrons. The maximum atomic E-state index is 13.5. The minimum atomic E-state index is -5.20. The fourth-order valence-electron chi connectivity index (χ4n) is 4.12. The number of amides is 4. The molecule has 1 saturated heterocycles. The minimum Gasteiger partial charge on any atom is -0.387 e. The van der Waals surface area contributed by atoms with Crippen LogP contribution in [0.4, 0.5) is 42.5 Å². The Kier molecular flexibility index (Phi) is 6.60. The average Bonchev–Trinajstić information content (AvgIpc) is 3.38. The highest BCUT2D eigenvalue weighted by Gasteiger charge is 2.41. The van der Waals surface area contributed by atoms with Gasteiger partial charge < -0.3 is 20.9 Å². The van der Waals surface area contributed by atoms with Gasteiger partial charge in [-0.2, -0.15) is 23.3 Å². The second-order valence-electron chi connectivity index (χ2n) is 8.56. The maximum Gasteiger partial charge on any atom is 0.473 e. The second kappa shape index (κ2) is 9.40. The smallest absolute Gasteiger partial charge is 0.387 e. The standard InChI is InChI=1S/C21H19F6N7O3/c1-9-6-34-15(8-32(9)20(37)30-11-3-12(22)17(24)13(23)4-11)14(5-29-34)33-7-10(2-16(33)35)18(28)31-19(36)21(25,26)27/h3-5,9-10H,2,6-8H2,1H3,(H,30,37)(H2,28,31,36)/t9-,10?/m0/s1. The van der Waals surface area contributed by atoms with E-state index in [0.29, 0.717) is 17.8 Å². The molecule has 0 aliphatic carbocycles. The molecule has 1 fully saturated rings. The summed E-state index contributed by atoms with van der Waals surface area (Å²) in [4.78, 5) is 42.0.